The van der Waals surface area contributed by atoms with Crippen molar-refractivity contribution < 1.29 is 14.4 Å². The molecule has 0 bridgehead atoms. The summed E-state index contributed by atoms with van der Waals surface area (Å²) in [5.41, 5.74) is 0. The summed E-state index contributed by atoms with van der Waals surface area (Å²) >= 11 is 0. The van der Waals surface area contributed by atoms with Gasteiger partial charge < -0.3 is 15.5 Å². The van der Waals surface area contributed by atoms with Crippen LogP contribution in [0.25, 0.3) is 0 Å². The summed E-state index contributed by atoms with van der Waals surface area (Å²) in [5.74, 6) is 0.0775. The summed E-state index contributed by atoms with van der Waals surface area (Å²) in [6.07, 6.45) is 15.6. The number of hydrogen-bond acceptors (Lipinski definition) is 3. The zero-order valence-electron chi connectivity index (χ0n) is 21.8. The second-order valence-electron chi connectivity index (χ2n) is 10.2. The Kier molecular flexibility index (Phi) is 14.8. The van der Waals surface area contributed by atoms with Crippen molar-refractivity contribution in [1.82, 2.24) is 15.5 Å². The molecule has 1 aliphatic heterocycles. The molecule has 3 atom stereocenters. The third-order valence-electron chi connectivity index (χ3n) is 6.46. The van der Waals surface area contributed by atoms with Gasteiger partial charge in [-0.15, -0.1) is 0 Å². The highest BCUT2D eigenvalue weighted by Gasteiger charge is 2.27. The van der Waals surface area contributed by atoms with Gasteiger partial charge >= 0.3 is 0 Å². The first kappa shape index (κ1) is 29.2. The maximum atomic E-state index is 13.2. The van der Waals surface area contributed by atoms with E-state index in [1.807, 2.05) is 0 Å². The Balaban J connectivity index is 2.91. The molecule has 0 aromatic heterocycles. The van der Waals surface area contributed by atoms with Crippen molar-refractivity contribution in [3.05, 3.63) is 12.2 Å². The molecule has 0 aromatic carbocycles. The molecule has 0 radical (unpaired) electrons. The Labute approximate surface area is 202 Å². The number of unbranched alkanes of at least 4 members (excludes halogenated alkanes) is 4. The molecule has 1 rings (SSSR count). The average molecular weight is 464 g/mol. The number of hydrogen-bond donors (Lipinski definition) is 2. The van der Waals surface area contributed by atoms with Crippen LogP contribution in [0.2, 0.25) is 0 Å². The number of amides is 3. The summed E-state index contributed by atoms with van der Waals surface area (Å²) < 4.78 is 0. The molecule has 3 amide bonds. The first-order chi connectivity index (χ1) is 15.8. The second-order valence-corrected chi connectivity index (χ2v) is 10.2. The maximum Gasteiger partial charge on any atom is 0.242 e. The average Bonchev–Trinajstić information content (AvgIpc) is 2.76. The van der Waals surface area contributed by atoms with Gasteiger partial charge in [-0.05, 0) is 50.9 Å². The molecule has 190 valence electrons. The van der Waals surface area contributed by atoms with Crippen LogP contribution in [-0.2, 0) is 14.4 Å². The van der Waals surface area contributed by atoms with E-state index >= 15 is 0 Å². The second kappa shape index (κ2) is 16.7. The molecule has 2 N–H and O–H groups in total. The molecule has 6 nitrogen and oxygen atoms in total. The maximum absolute atomic E-state index is 13.2. The molecule has 6 heteroatoms. The lowest BCUT2D eigenvalue weighted by molar-refractivity contribution is -0.133. The van der Waals surface area contributed by atoms with Gasteiger partial charge in [0.25, 0.3) is 0 Å². The van der Waals surface area contributed by atoms with Crippen LogP contribution in [0.4, 0.5) is 0 Å². The van der Waals surface area contributed by atoms with Crippen LogP contribution < -0.4 is 10.6 Å². The highest BCUT2D eigenvalue weighted by molar-refractivity contribution is 5.88. The molecule has 0 aromatic rings. The third-order valence-corrected chi connectivity index (χ3v) is 6.46. The van der Waals surface area contributed by atoms with Gasteiger partial charge in [-0.2, -0.15) is 0 Å². The van der Waals surface area contributed by atoms with Crippen molar-refractivity contribution in [2.24, 2.45) is 17.8 Å². The van der Waals surface area contributed by atoms with E-state index < -0.39 is 6.04 Å². The smallest absolute Gasteiger partial charge is 0.242 e. The predicted molar refractivity (Wildman–Crippen MR) is 136 cm³/mol. The monoisotopic (exact) mass is 463 g/mol. The van der Waals surface area contributed by atoms with Gasteiger partial charge in [-0.1, -0.05) is 65.0 Å². The van der Waals surface area contributed by atoms with E-state index in [9.17, 15) is 14.4 Å². The minimum absolute atomic E-state index is 0.0193. The number of nitrogens with one attached hydrogen (secondary N) is 2. The van der Waals surface area contributed by atoms with Gasteiger partial charge in [-0.3, -0.25) is 14.4 Å². The molecular formula is C27H49N3O3. The summed E-state index contributed by atoms with van der Waals surface area (Å²) in [5, 5.41) is 6.06. The van der Waals surface area contributed by atoms with Crippen molar-refractivity contribution >= 4 is 17.7 Å². The molecule has 0 saturated heterocycles. The van der Waals surface area contributed by atoms with Gasteiger partial charge in [0.05, 0.1) is 0 Å². The molecule has 0 spiro atoms. The topological polar surface area (TPSA) is 78.5 Å². The van der Waals surface area contributed by atoms with Crippen molar-refractivity contribution in [1.29, 1.82) is 0 Å². The lowest BCUT2D eigenvalue weighted by atomic mass is 9.93. The number of carbonyl (C=O) groups is 3. The number of carbonyl (C=O) groups excluding carboxylic acids is 3. The standard InChI is InChI=1S/C27H49N3O3/c1-6-7-8-9-12-15-22-16-13-10-11-14-17-23(27(33)30(4)5)18-19-28-26(32)24(20-21(2)3)29-25(22)31/h11,14,21-24H,6-10,12-13,15-20H2,1-5H3,(H,28,32)(H,29,31)/b14-11+/t22?,23?,24-/m0/s1. The fourth-order valence-corrected chi connectivity index (χ4v) is 4.45. The van der Waals surface area contributed by atoms with Gasteiger partial charge in [0, 0.05) is 32.5 Å². The quantitative estimate of drug-likeness (QED) is 0.379. The van der Waals surface area contributed by atoms with Crippen molar-refractivity contribution in [3.63, 3.8) is 0 Å². The van der Waals surface area contributed by atoms with E-state index in [0.29, 0.717) is 31.7 Å². The van der Waals surface area contributed by atoms with Gasteiger partial charge in [-0.25, -0.2) is 0 Å². The summed E-state index contributed by atoms with van der Waals surface area (Å²) in [6, 6.07) is -0.522. The van der Waals surface area contributed by atoms with Gasteiger partial charge in [0.1, 0.15) is 6.04 Å². The summed E-state index contributed by atoms with van der Waals surface area (Å²) in [7, 11) is 3.55. The molecule has 0 aliphatic carbocycles. The molecular weight excluding hydrogens is 414 g/mol. The molecule has 1 aliphatic rings. The Bertz CT molecular complexity index is 616. The highest BCUT2D eigenvalue weighted by atomic mass is 16.2. The number of allylic oxidation sites excluding steroid dienone is 2. The van der Waals surface area contributed by atoms with Crippen LogP contribution in [-0.4, -0.2) is 49.3 Å². The lowest BCUT2D eigenvalue weighted by Crippen LogP contribution is -2.49. The van der Waals surface area contributed by atoms with E-state index in [1.165, 1.54) is 19.3 Å². The Morgan fingerprint density at radius 1 is 1.06 bits per heavy atom. The van der Waals surface area contributed by atoms with Crippen LogP contribution in [0.1, 0.15) is 97.8 Å². The zero-order chi connectivity index (χ0) is 24.6. The van der Waals surface area contributed by atoms with Crippen LogP contribution in [0.5, 0.6) is 0 Å². The molecule has 0 fully saturated rings. The van der Waals surface area contributed by atoms with E-state index in [1.54, 1.807) is 19.0 Å². The van der Waals surface area contributed by atoms with E-state index in [0.717, 1.165) is 38.5 Å². The number of nitrogens with zero attached hydrogens (tertiary/aromatic N) is 1. The van der Waals surface area contributed by atoms with Crippen LogP contribution in [0.3, 0.4) is 0 Å². The first-order valence-electron chi connectivity index (χ1n) is 13.2. The molecule has 33 heavy (non-hydrogen) atoms. The van der Waals surface area contributed by atoms with E-state index in [4.69, 9.17) is 0 Å². The predicted octanol–water partition coefficient (Wildman–Crippen LogP) is 4.83. The van der Waals surface area contributed by atoms with Gasteiger partial charge in [0.15, 0.2) is 0 Å². The zero-order valence-corrected chi connectivity index (χ0v) is 21.8. The number of rotatable bonds is 9. The Hall–Kier alpha value is -1.85. The Morgan fingerprint density at radius 2 is 1.79 bits per heavy atom. The minimum atomic E-state index is -0.522. The fraction of sp³-hybridized carbons (Fsp3) is 0.815. The Morgan fingerprint density at radius 3 is 2.45 bits per heavy atom. The minimum Gasteiger partial charge on any atom is -0.354 e. The summed E-state index contributed by atoms with van der Waals surface area (Å²) in [6.45, 7) is 6.77. The molecule has 2 unspecified atom stereocenters. The largest absolute Gasteiger partial charge is 0.354 e. The summed E-state index contributed by atoms with van der Waals surface area (Å²) in [4.78, 5) is 40.3. The normalized spacial score (nSPS) is 24.4. The van der Waals surface area contributed by atoms with Crippen LogP contribution in [0.15, 0.2) is 12.2 Å². The fourth-order valence-electron chi connectivity index (χ4n) is 4.45. The third kappa shape index (κ3) is 12.3. The van der Waals surface area contributed by atoms with Crippen molar-refractivity contribution in [2.45, 2.75) is 104 Å². The van der Waals surface area contributed by atoms with Crippen LogP contribution >= 0.6 is 0 Å². The van der Waals surface area contributed by atoms with Crippen molar-refractivity contribution in [2.75, 3.05) is 20.6 Å². The van der Waals surface area contributed by atoms with Crippen molar-refractivity contribution in [3.8, 4) is 0 Å². The lowest BCUT2D eigenvalue weighted by Gasteiger charge is -2.24. The van der Waals surface area contributed by atoms with E-state index in [-0.39, 0.29) is 29.6 Å². The molecule has 0 saturated carbocycles. The van der Waals surface area contributed by atoms with E-state index in [2.05, 4.69) is 43.6 Å². The SMILES string of the molecule is CCCCCCCC1CCC/C=C/CC(C(=O)N(C)C)CCNC(=O)[C@H](CC(C)C)NC1=O. The molecule has 1 heterocycles. The highest BCUT2D eigenvalue weighted by Crippen LogP contribution is 2.20. The van der Waals surface area contributed by atoms with Gasteiger partial charge in [0.2, 0.25) is 17.7 Å². The van der Waals surface area contributed by atoms with Crippen LogP contribution in [0, 0.1) is 17.8 Å². The first-order valence-corrected chi connectivity index (χ1v) is 13.2.